The third kappa shape index (κ3) is 4.09. The van der Waals surface area contributed by atoms with Crippen LogP contribution in [0, 0.1) is 0 Å². The fraction of sp³-hybridized carbons (Fsp3) is 0.136. The molecule has 2 aromatic carbocycles. The predicted octanol–water partition coefficient (Wildman–Crippen LogP) is 4.66. The van der Waals surface area contributed by atoms with Gasteiger partial charge in [-0.3, -0.25) is 14.2 Å². The van der Waals surface area contributed by atoms with E-state index in [1.54, 1.807) is 6.07 Å². The largest absolute Gasteiger partial charge is 0.348 e. The molecular weight excluding hydrogens is 406 g/mol. The molecule has 1 amide bonds. The van der Waals surface area contributed by atoms with Crippen molar-refractivity contribution >= 4 is 39.1 Å². The van der Waals surface area contributed by atoms with Crippen LogP contribution in [-0.2, 0) is 11.3 Å². The lowest BCUT2D eigenvalue weighted by Gasteiger charge is -2.16. The van der Waals surface area contributed by atoms with Crippen molar-refractivity contribution < 1.29 is 4.79 Å². The van der Waals surface area contributed by atoms with Crippen LogP contribution in [0.2, 0.25) is 5.02 Å². The zero-order valence-electron chi connectivity index (χ0n) is 15.6. The molecule has 0 unspecified atom stereocenters. The summed E-state index contributed by atoms with van der Waals surface area (Å²) in [5, 5.41) is 3.47. The molecule has 0 aliphatic carbocycles. The molecule has 0 radical (unpaired) electrons. The second kappa shape index (κ2) is 8.19. The Morgan fingerprint density at radius 1 is 1.17 bits per heavy atom. The van der Waals surface area contributed by atoms with Gasteiger partial charge in [-0.15, -0.1) is 11.3 Å². The Balaban J connectivity index is 1.55. The summed E-state index contributed by atoms with van der Waals surface area (Å²) in [5.74, 6) is -0.277. The van der Waals surface area contributed by atoms with Gasteiger partial charge in [0.2, 0.25) is 5.91 Å². The number of carbonyl (C=O) groups excluding carboxylic acids is 1. The Labute approximate surface area is 176 Å². The van der Waals surface area contributed by atoms with Gasteiger partial charge in [0.05, 0.1) is 17.9 Å². The van der Waals surface area contributed by atoms with Crippen molar-refractivity contribution in [3.8, 4) is 10.4 Å². The van der Waals surface area contributed by atoms with E-state index in [1.807, 2.05) is 61.5 Å². The van der Waals surface area contributed by atoms with Gasteiger partial charge in [-0.05, 0) is 30.2 Å². The SMILES string of the molecule is C[C@@H](NC(=O)Cn1cnc2cc(-c3ccccc3)sc2c1=O)c1ccccc1Cl. The minimum Gasteiger partial charge on any atom is -0.348 e. The van der Waals surface area contributed by atoms with Crippen LogP contribution in [0.15, 0.2) is 71.8 Å². The lowest BCUT2D eigenvalue weighted by Crippen LogP contribution is -2.33. The highest BCUT2D eigenvalue weighted by Gasteiger charge is 2.15. The number of nitrogens with one attached hydrogen (secondary N) is 1. The summed E-state index contributed by atoms with van der Waals surface area (Å²) in [7, 11) is 0. The second-order valence-electron chi connectivity index (χ2n) is 6.68. The molecule has 2 heterocycles. The Hall–Kier alpha value is -2.96. The maximum Gasteiger partial charge on any atom is 0.271 e. The zero-order chi connectivity index (χ0) is 20.4. The summed E-state index contributed by atoms with van der Waals surface area (Å²) in [5.41, 5.74) is 2.28. The van der Waals surface area contributed by atoms with E-state index in [1.165, 1.54) is 22.2 Å². The number of aromatic nitrogens is 2. The molecule has 0 saturated heterocycles. The normalized spacial score (nSPS) is 12.1. The molecular formula is C22H18ClN3O2S. The molecule has 0 aliphatic rings. The molecule has 1 N–H and O–H groups in total. The number of nitrogens with zero attached hydrogens (tertiary/aromatic N) is 2. The van der Waals surface area contributed by atoms with Crippen molar-refractivity contribution in [3.05, 3.63) is 87.9 Å². The lowest BCUT2D eigenvalue weighted by atomic mass is 10.1. The Morgan fingerprint density at radius 2 is 1.90 bits per heavy atom. The third-order valence-corrected chi connectivity index (χ3v) is 6.13. The van der Waals surface area contributed by atoms with Crippen molar-refractivity contribution in [2.45, 2.75) is 19.5 Å². The van der Waals surface area contributed by atoms with Crippen LogP contribution in [-0.4, -0.2) is 15.5 Å². The topological polar surface area (TPSA) is 64.0 Å². The Kier molecular flexibility index (Phi) is 5.47. The zero-order valence-corrected chi connectivity index (χ0v) is 17.2. The highest BCUT2D eigenvalue weighted by Crippen LogP contribution is 2.30. The van der Waals surface area contributed by atoms with Crippen molar-refractivity contribution in [2.24, 2.45) is 0 Å². The fourth-order valence-electron chi connectivity index (χ4n) is 3.15. The number of carbonyl (C=O) groups is 1. The van der Waals surface area contributed by atoms with Gasteiger partial charge in [0.15, 0.2) is 0 Å². The Morgan fingerprint density at radius 3 is 2.66 bits per heavy atom. The molecule has 2 aromatic heterocycles. The molecule has 4 rings (SSSR count). The van der Waals surface area contributed by atoms with E-state index in [0.717, 1.165) is 16.0 Å². The number of rotatable bonds is 5. The quantitative estimate of drug-likeness (QED) is 0.508. The summed E-state index contributed by atoms with van der Waals surface area (Å²) in [6.45, 7) is 1.75. The standard InChI is InChI=1S/C22H18ClN3O2S/c1-14(16-9-5-6-10-17(16)23)25-20(27)12-26-13-24-18-11-19(29-21(18)22(26)28)15-7-3-2-4-8-15/h2-11,13-14H,12H2,1H3,(H,25,27)/t14-/m1/s1. The van der Waals surface area contributed by atoms with Crippen molar-refractivity contribution in [2.75, 3.05) is 0 Å². The van der Waals surface area contributed by atoms with Crippen LogP contribution in [0.3, 0.4) is 0 Å². The molecule has 0 fully saturated rings. The number of thiophene rings is 1. The van der Waals surface area contributed by atoms with Gasteiger partial charge >= 0.3 is 0 Å². The van der Waals surface area contributed by atoms with Crippen LogP contribution < -0.4 is 10.9 Å². The average molecular weight is 424 g/mol. The third-order valence-electron chi connectivity index (χ3n) is 4.63. The van der Waals surface area contributed by atoms with Gasteiger partial charge in [-0.1, -0.05) is 60.1 Å². The monoisotopic (exact) mass is 423 g/mol. The lowest BCUT2D eigenvalue weighted by molar-refractivity contribution is -0.122. The molecule has 29 heavy (non-hydrogen) atoms. The van der Waals surface area contributed by atoms with Gasteiger partial charge in [0, 0.05) is 9.90 Å². The highest BCUT2D eigenvalue weighted by atomic mass is 35.5. The van der Waals surface area contributed by atoms with E-state index in [9.17, 15) is 9.59 Å². The van der Waals surface area contributed by atoms with Crippen LogP contribution in [0.4, 0.5) is 0 Å². The summed E-state index contributed by atoms with van der Waals surface area (Å²) < 4.78 is 1.88. The van der Waals surface area contributed by atoms with E-state index in [0.29, 0.717) is 15.2 Å². The van der Waals surface area contributed by atoms with Gasteiger partial charge in [-0.25, -0.2) is 4.98 Å². The number of hydrogen-bond acceptors (Lipinski definition) is 4. The first-order chi connectivity index (χ1) is 14.0. The maximum absolute atomic E-state index is 12.9. The van der Waals surface area contributed by atoms with Gasteiger partial charge < -0.3 is 5.32 Å². The smallest absolute Gasteiger partial charge is 0.271 e. The van der Waals surface area contributed by atoms with E-state index in [-0.39, 0.29) is 24.1 Å². The Bertz CT molecular complexity index is 1230. The molecule has 146 valence electrons. The first kappa shape index (κ1) is 19.4. The average Bonchev–Trinajstić information content (AvgIpc) is 3.16. The molecule has 1 atom stereocenters. The number of halogens is 1. The van der Waals surface area contributed by atoms with Crippen molar-refractivity contribution in [1.82, 2.24) is 14.9 Å². The van der Waals surface area contributed by atoms with E-state index < -0.39 is 0 Å². The number of benzene rings is 2. The number of hydrogen-bond donors (Lipinski definition) is 1. The fourth-order valence-corrected chi connectivity index (χ4v) is 4.51. The summed E-state index contributed by atoms with van der Waals surface area (Å²) in [6, 6.07) is 18.8. The van der Waals surface area contributed by atoms with Crippen molar-refractivity contribution in [3.63, 3.8) is 0 Å². The molecule has 4 aromatic rings. The van der Waals surface area contributed by atoms with Crippen LogP contribution in [0.1, 0.15) is 18.5 Å². The van der Waals surface area contributed by atoms with Gasteiger partial charge in [0.1, 0.15) is 11.2 Å². The molecule has 0 spiro atoms. The summed E-state index contributed by atoms with van der Waals surface area (Å²) >= 11 is 7.58. The van der Waals surface area contributed by atoms with E-state index in [2.05, 4.69) is 10.3 Å². The number of amides is 1. The van der Waals surface area contributed by atoms with Gasteiger partial charge in [0.25, 0.3) is 5.56 Å². The first-order valence-corrected chi connectivity index (χ1v) is 10.3. The van der Waals surface area contributed by atoms with E-state index in [4.69, 9.17) is 11.6 Å². The van der Waals surface area contributed by atoms with Crippen LogP contribution in [0.25, 0.3) is 20.7 Å². The van der Waals surface area contributed by atoms with Gasteiger partial charge in [-0.2, -0.15) is 0 Å². The predicted molar refractivity (Wildman–Crippen MR) is 117 cm³/mol. The molecule has 0 saturated carbocycles. The summed E-state index contributed by atoms with van der Waals surface area (Å²) in [4.78, 5) is 30.7. The van der Waals surface area contributed by atoms with Crippen LogP contribution in [0.5, 0.6) is 0 Å². The number of fused-ring (bicyclic) bond motifs is 1. The summed E-state index contributed by atoms with van der Waals surface area (Å²) in [6.07, 6.45) is 1.42. The molecule has 7 heteroatoms. The second-order valence-corrected chi connectivity index (χ2v) is 8.14. The highest BCUT2D eigenvalue weighted by molar-refractivity contribution is 7.22. The van der Waals surface area contributed by atoms with Crippen molar-refractivity contribution in [1.29, 1.82) is 0 Å². The van der Waals surface area contributed by atoms with E-state index >= 15 is 0 Å². The molecule has 0 aliphatic heterocycles. The maximum atomic E-state index is 12.9. The molecule has 5 nitrogen and oxygen atoms in total. The first-order valence-electron chi connectivity index (χ1n) is 9.11. The van der Waals surface area contributed by atoms with Crippen LogP contribution >= 0.6 is 22.9 Å². The minimum atomic E-state index is -0.277. The molecule has 0 bridgehead atoms. The minimum absolute atomic E-state index is 0.102.